The molecular weight excluding hydrogens is 389 g/mol. The molecule has 1 aliphatic rings. The Morgan fingerprint density at radius 2 is 1.72 bits per heavy atom. The van der Waals surface area contributed by atoms with Gasteiger partial charge >= 0.3 is 6.18 Å². The Morgan fingerprint density at radius 3 is 2.31 bits per heavy atom. The number of alkyl halides is 3. The first-order chi connectivity index (χ1) is 13.7. The second kappa shape index (κ2) is 7.96. The molecule has 0 aliphatic carbocycles. The number of β-amino-alcohol motifs (C(OH)–C–C–N with tert-alkyl or cyclic N) is 1. The summed E-state index contributed by atoms with van der Waals surface area (Å²) in [4.78, 5) is 24.9. The fraction of sp³-hybridized carbons (Fsp3) is 0.200. The van der Waals surface area contributed by atoms with E-state index >= 15 is 0 Å². The number of anilines is 1. The van der Waals surface area contributed by atoms with Crippen molar-refractivity contribution >= 4 is 17.5 Å². The summed E-state index contributed by atoms with van der Waals surface area (Å²) < 4.78 is 43.4. The number of aryl methyl sites for hydroxylation is 1. The maximum absolute atomic E-state index is 12.6. The fourth-order valence-electron chi connectivity index (χ4n) is 2.74. The molecule has 1 heterocycles. The normalized spacial score (nSPS) is 14.2. The molecule has 0 atom stereocenters. The smallest absolute Gasteiger partial charge is 0.416 e. The maximum atomic E-state index is 12.6. The average molecular weight is 406 g/mol. The van der Waals surface area contributed by atoms with E-state index in [-0.39, 0.29) is 24.6 Å². The number of nitrogens with one attached hydrogen (secondary N) is 1. The van der Waals surface area contributed by atoms with Crippen LogP contribution in [0.4, 0.5) is 18.9 Å². The van der Waals surface area contributed by atoms with Crippen molar-refractivity contribution in [3.63, 3.8) is 0 Å². The summed E-state index contributed by atoms with van der Waals surface area (Å²) in [5.74, 6) is -0.394. The molecular formula is C20H17F3N2O4. The zero-order chi connectivity index (χ0) is 21.2. The molecule has 0 bridgehead atoms. The van der Waals surface area contributed by atoms with Crippen LogP contribution in [0.2, 0.25) is 0 Å². The lowest BCUT2D eigenvalue weighted by molar-refractivity contribution is -0.138. The SMILES string of the molecule is Cc1cc(Oc2ccc(C(F)(F)F)cc2)ccc1NC1=CC(=O)N(CCO)C1=O. The molecule has 0 unspecified atom stereocenters. The van der Waals surface area contributed by atoms with Gasteiger partial charge in [0.2, 0.25) is 0 Å². The molecule has 1 aliphatic heterocycles. The Hall–Kier alpha value is -3.33. The van der Waals surface area contributed by atoms with E-state index in [1.54, 1.807) is 25.1 Å². The van der Waals surface area contributed by atoms with Crippen LogP contribution in [0.1, 0.15) is 11.1 Å². The van der Waals surface area contributed by atoms with Gasteiger partial charge in [0.25, 0.3) is 11.8 Å². The molecule has 29 heavy (non-hydrogen) atoms. The first kappa shape index (κ1) is 20.4. The maximum Gasteiger partial charge on any atom is 0.416 e. The van der Waals surface area contributed by atoms with Gasteiger partial charge in [-0.3, -0.25) is 14.5 Å². The summed E-state index contributed by atoms with van der Waals surface area (Å²) in [6, 6.07) is 9.19. The number of aliphatic hydroxyl groups is 1. The number of halogens is 3. The molecule has 9 heteroatoms. The van der Waals surface area contributed by atoms with Gasteiger partial charge in [0.05, 0.1) is 18.7 Å². The highest BCUT2D eigenvalue weighted by Crippen LogP contribution is 2.32. The van der Waals surface area contributed by atoms with Gasteiger partial charge in [0.15, 0.2) is 0 Å². The predicted molar refractivity (Wildman–Crippen MR) is 98.2 cm³/mol. The lowest BCUT2D eigenvalue weighted by Crippen LogP contribution is -2.34. The third-order valence-electron chi connectivity index (χ3n) is 4.22. The van der Waals surface area contributed by atoms with E-state index in [0.29, 0.717) is 17.0 Å². The van der Waals surface area contributed by atoms with Crippen molar-refractivity contribution in [3.05, 3.63) is 65.4 Å². The van der Waals surface area contributed by atoms with Crippen molar-refractivity contribution in [1.82, 2.24) is 4.90 Å². The zero-order valence-electron chi connectivity index (χ0n) is 15.3. The van der Waals surface area contributed by atoms with E-state index in [2.05, 4.69) is 5.32 Å². The van der Waals surface area contributed by atoms with Crippen molar-refractivity contribution < 1.29 is 32.6 Å². The second-order valence-corrected chi connectivity index (χ2v) is 6.30. The number of hydrogen-bond acceptors (Lipinski definition) is 5. The molecule has 0 aromatic heterocycles. The highest BCUT2D eigenvalue weighted by molar-refractivity contribution is 6.17. The number of ether oxygens (including phenoxy) is 1. The largest absolute Gasteiger partial charge is 0.457 e. The number of rotatable bonds is 6. The molecule has 152 valence electrons. The highest BCUT2D eigenvalue weighted by Gasteiger charge is 2.31. The number of imide groups is 1. The van der Waals surface area contributed by atoms with E-state index in [0.717, 1.165) is 23.1 Å². The molecule has 0 fully saturated rings. The number of benzene rings is 2. The van der Waals surface area contributed by atoms with Gasteiger partial charge in [-0.1, -0.05) is 0 Å². The van der Waals surface area contributed by atoms with E-state index < -0.39 is 23.6 Å². The number of carbonyl (C=O) groups is 2. The van der Waals surface area contributed by atoms with Gasteiger partial charge in [0, 0.05) is 11.8 Å². The standard InChI is InChI=1S/C20H17F3N2O4/c1-12-10-15(29-14-4-2-13(3-5-14)20(21,22)23)6-7-16(12)24-17-11-18(27)25(8-9-26)19(17)28/h2-7,10-11,24,26H,8-9H2,1H3. The minimum absolute atomic E-state index is 0.0851. The number of hydrogen-bond donors (Lipinski definition) is 2. The van der Waals surface area contributed by atoms with Crippen LogP contribution < -0.4 is 10.1 Å². The fourth-order valence-corrected chi connectivity index (χ4v) is 2.74. The van der Waals surface area contributed by atoms with Crippen LogP contribution >= 0.6 is 0 Å². The Kier molecular flexibility index (Phi) is 5.60. The molecule has 0 saturated carbocycles. The van der Waals surface area contributed by atoms with Crippen LogP contribution in [0.5, 0.6) is 11.5 Å². The summed E-state index contributed by atoms with van der Waals surface area (Å²) in [6.45, 7) is 1.33. The highest BCUT2D eigenvalue weighted by atomic mass is 19.4. The molecule has 3 rings (SSSR count). The summed E-state index contributed by atoms with van der Waals surface area (Å²) >= 11 is 0. The van der Waals surface area contributed by atoms with Crippen molar-refractivity contribution in [2.75, 3.05) is 18.5 Å². The summed E-state index contributed by atoms with van der Waals surface area (Å²) in [5.41, 5.74) is 0.571. The Morgan fingerprint density at radius 1 is 1.07 bits per heavy atom. The van der Waals surface area contributed by atoms with E-state index in [1.165, 1.54) is 12.1 Å². The van der Waals surface area contributed by atoms with Crippen molar-refractivity contribution in [2.24, 2.45) is 0 Å². The predicted octanol–water partition coefficient (Wildman–Crippen LogP) is 3.46. The average Bonchev–Trinajstić information content (AvgIpc) is 2.91. The third-order valence-corrected chi connectivity index (χ3v) is 4.22. The Balaban J connectivity index is 1.70. The number of aliphatic hydroxyl groups excluding tert-OH is 1. The monoisotopic (exact) mass is 406 g/mol. The molecule has 6 nitrogen and oxygen atoms in total. The van der Waals surface area contributed by atoms with Gasteiger partial charge in [-0.25, -0.2) is 0 Å². The Bertz CT molecular complexity index is 969. The number of amides is 2. The van der Waals surface area contributed by atoms with Gasteiger partial charge in [-0.05, 0) is 55.0 Å². The van der Waals surface area contributed by atoms with E-state index in [9.17, 15) is 22.8 Å². The lowest BCUT2D eigenvalue weighted by atomic mass is 10.1. The summed E-state index contributed by atoms with van der Waals surface area (Å²) in [5, 5.41) is 11.8. The molecule has 0 saturated heterocycles. The van der Waals surface area contributed by atoms with Crippen LogP contribution in [-0.2, 0) is 15.8 Å². The quantitative estimate of drug-likeness (QED) is 0.719. The topological polar surface area (TPSA) is 78.9 Å². The number of carbonyl (C=O) groups excluding carboxylic acids is 2. The van der Waals surface area contributed by atoms with Gasteiger partial charge in [0.1, 0.15) is 17.2 Å². The van der Waals surface area contributed by atoms with Crippen molar-refractivity contribution in [1.29, 1.82) is 0 Å². The van der Waals surface area contributed by atoms with E-state index in [1.807, 2.05) is 0 Å². The van der Waals surface area contributed by atoms with Crippen LogP contribution in [0.25, 0.3) is 0 Å². The van der Waals surface area contributed by atoms with E-state index in [4.69, 9.17) is 9.84 Å². The van der Waals surface area contributed by atoms with Gasteiger partial charge in [-0.2, -0.15) is 13.2 Å². The Labute approximate surface area is 164 Å². The second-order valence-electron chi connectivity index (χ2n) is 6.30. The molecule has 2 aromatic carbocycles. The number of nitrogens with zero attached hydrogens (tertiary/aromatic N) is 1. The van der Waals surface area contributed by atoms with Gasteiger partial charge in [-0.15, -0.1) is 0 Å². The summed E-state index contributed by atoms with van der Waals surface area (Å²) in [7, 11) is 0. The first-order valence-electron chi connectivity index (χ1n) is 8.60. The molecule has 0 spiro atoms. The van der Waals surface area contributed by atoms with Crippen molar-refractivity contribution in [3.8, 4) is 11.5 Å². The zero-order valence-corrected chi connectivity index (χ0v) is 15.3. The van der Waals surface area contributed by atoms with Crippen molar-refractivity contribution in [2.45, 2.75) is 13.1 Å². The van der Waals surface area contributed by atoms with Crippen LogP contribution in [0.3, 0.4) is 0 Å². The molecule has 2 amide bonds. The lowest BCUT2D eigenvalue weighted by Gasteiger charge is -2.15. The minimum Gasteiger partial charge on any atom is -0.457 e. The van der Waals surface area contributed by atoms with Crippen LogP contribution in [0, 0.1) is 6.92 Å². The first-order valence-corrected chi connectivity index (χ1v) is 8.60. The van der Waals surface area contributed by atoms with Crippen LogP contribution in [0.15, 0.2) is 54.2 Å². The third kappa shape index (κ3) is 4.57. The minimum atomic E-state index is -4.41. The molecule has 0 radical (unpaired) electrons. The molecule has 2 aromatic rings. The van der Waals surface area contributed by atoms with Gasteiger partial charge < -0.3 is 15.2 Å². The molecule has 2 N–H and O–H groups in total. The van der Waals surface area contributed by atoms with Crippen LogP contribution in [-0.4, -0.2) is 35.0 Å². The summed E-state index contributed by atoms with van der Waals surface area (Å²) in [6.07, 6.45) is -3.26.